The molecule has 4 nitrogen and oxygen atoms in total. The molecule has 0 spiro atoms. The van der Waals surface area contributed by atoms with E-state index in [9.17, 15) is 26.3 Å². The molecule has 1 aromatic carbocycles. The number of nitrogens with one attached hydrogen (secondary N) is 1. The third kappa shape index (κ3) is 6.57. The lowest BCUT2D eigenvalue weighted by atomic mass is 10.3. The number of ether oxygens (including phenoxy) is 2. The summed E-state index contributed by atoms with van der Waals surface area (Å²) in [6.07, 6.45) is -8.76. The SMILES string of the molecule is FC(F)(F)Oc1ccc(CNc2ccc(OC(F)(F)F)c(Cl)c2)nc1. The van der Waals surface area contributed by atoms with Gasteiger partial charge in [0.15, 0.2) is 0 Å². The minimum Gasteiger partial charge on any atom is -0.404 e. The number of alkyl halides is 6. The summed E-state index contributed by atoms with van der Waals surface area (Å²) < 4.78 is 79.9. The predicted octanol–water partition coefficient (Wildman–Crippen LogP) is 5.14. The molecule has 11 heteroatoms. The first kappa shape index (κ1) is 19.0. The zero-order chi connectivity index (χ0) is 18.7. The number of rotatable bonds is 5. The Morgan fingerprint density at radius 1 is 0.960 bits per heavy atom. The fraction of sp³-hybridized carbons (Fsp3) is 0.214. The molecule has 1 N–H and O–H groups in total. The Bertz CT molecular complexity index is 719. The van der Waals surface area contributed by atoms with Crippen LogP contribution in [0.1, 0.15) is 5.69 Å². The zero-order valence-corrected chi connectivity index (χ0v) is 12.8. The molecule has 25 heavy (non-hydrogen) atoms. The first-order valence-electron chi connectivity index (χ1n) is 6.52. The van der Waals surface area contributed by atoms with Gasteiger partial charge in [-0.05, 0) is 30.3 Å². The fourth-order valence-corrected chi connectivity index (χ4v) is 1.94. The molecule has 0 amide bonds. The van der Waals surface area contributed by atoms with Gasteiger partial charge in [0.2, 0.25) is 0 Å². The number of hydrogen-bond acceptors (Lipinski definition) is 4. The molecule has 2 aromatic rings. The first-order chi connectivity index (χ1) is 11.5. The number of hydrogen-bond donors (Lipinski definition) is 1. The van der Waals surface area contributed by atoms with Crippen molar-refractivity contribution in [3.05, 3.63) is 47.2 Å². The average Bonchev–Trinajstić information content (AvgIpc) is 2.46. The smallest absolute Gasteiger partial charge is 0.404 e. The highest BCUT2D eigenvalue weighted by atomic mass is 35.5. The Morgan fingerprint density at radius 3 is 2.16 bits per heavy atom. The number of benzene rings is 1. The second-order valence-corrected chi connectivity index (χ2v) is 4.99. The van der Waals surface area contributed by atoms with Crippen molar-refractivity contribution >= 4 is 17.3 Å². The summed E-state index contributed by atoms with van der Waals surface area (Å²) in [4.78, 5) is 3.77. The van der Waals surface area contributed by atoms with Crippen LogP contribution >= 0.6 is 11.6 Å². The zero-order valence-electron chi connectivity index (χ0n) is 12.1. The molecule has 1 heterocycles. The minimum atomic E-state index is -4.86. The molecule has 0 radical (unpaired) electrons. The van der Waals surface area contributed by atoms with Crippen molar-refractivity contribution in [2.45, 2.75) is 19.3 Å². The third-order valence-corrected chi connectivity index (χ3v) is 2.96. The lowest BCUT2D eigenvalue weighted by Crippen LogP contribution is -2.17. The van der Waals surface area contributed by atoms with Gasteiger partial charge in [-0.3, -0.25) is 4.98 Å². The van der Waals surface area contributed by atoms with Gasteiger partial charge in [-0.25, -0.2) is 0 Å². The fourth-order valence-electron chi connectivity index (χ4n) is 1.72. The van der Waals surface area contributed by atoms with E-state index >= 15 is 0 Å². The number of nitrogens with zero attached hydrogens (tertiary/aromatic N) is 1. The van der Waals surface area contributed by atoms with Crippen LogP contribution in [0.4, 0.5) is 32.0 Å². The molecule has 0 aliphatic heterocycles. The Morgan fingerprint density at radius 2 is 1.64 bits per heavy atom. The summed E-state index contributed by atoms with van der Waals surface area (Å²) in [6, 6.07) is 5.94. The standard InChI is InChI=1S/C14H9ClF6N2O2/c15-11-5-8(2-4-12(11)25-14(19,20)21)22-6-9-1-3-10(7-23-9)24-13(16,17)18/h1-5,7,22H,6H2. The maximum atomic E-state index is 12.1. The number of anilines is 1. The maximum Gasteiger partial charge on any atom is 0.573 e. The van der Waals surface area contributed by atoms with Gasteiger partial charge in [0.05, 0.1) is 23.5 Å². The van der Waals surface area contributed by atoms with E-state index in [0.717, 1.165) is 18.3 Å². The van der Waals surface area contributed by atoms with Crippen molar-refractivity contribution in [3.63, 3.8) is 0 Å². The van der Waals surface area contributed by atoms with Crippen LogP contribution in [-0.4, -0.2) is 17.7 Å². The van der Waals surface area contributed by atoms with Crippen LogP contribution in [0.25, 0.3) is 0 Å². The second-order valence-electron chi connectivity index (χ2n) is 4.58. The number of halogens is 7. The molecule has 0 unspecified atom stereocenters. The summed E-state index contributed by atoms with van der Waals surface area (Å²) in [5.74, 6) is -1.01. The molecule has 0 aliphatic carbocycles. The molecule has 0 fully saturated rings. The van der Waals surface area contributed by atoms with Crippen LogP contribution in [0, 0.1) is 0 Å². The Kier molecular flexibility index (Phi) is 5.51. The lowest BCUT2D eigenvalue weighted by molar-refractivity contribution is -0.275. The highest BCUT2D eigenvalue weighted by molar-refractivity contribution is 6.32. The van der Waals surface area contributed by atoms with Gasteiger partial charge in [0, 0.05) is 5.69 Å². The highest BCUT2D eigenvalue weighted by Crippen LogP contribution is 2.32. The summed E-state index contributed by atoms with van der Waals surface area (Å²) in [7, 11) is 0. The van der Waals surface area contributed by atoms with Crippen molar-refractivity contribution in [2.24, 2.45) is 0 Å². The van der Waals surface area contributed by atoms with Gasteiger partial charge >= 0.3 is 12.7 Å². The molecule has 136 valence electrons. The van der Waals surface area contributed by atoms with Gasteiger partial charge in [-0.15, -0.1) is 26.3 Å². The summed E-state index contributed by atoms with van der Waals surface area (Å²) in [5.41, 5.74) is 0.748. The van der Waals surface area contributed by atoms with Crippen molar-refractivity contribution in [3.8, 4) is 11.5 Å². The third-order valence-electron chi connectivity index (χ3n) is 2.66. The lowest BCUT2D eigenvalue weighted by Gasteiger charge is -2.12. The number of pyridine rings is 1. The maximum absolute atomic E-state index is 12.1. The highest BCUT2D eigenvalue weighted by Gasteiger charge is 2.32. The quantitative estimate of drug-likeness (QED) is 0.722. The van der Waals surface area contributed by atoms with E-state index in [-0.39, 0.29) is 11.6 Å². The van der Waals surface area contributed by atoms with Crippen LogP contribution < -0.4 is 14.8 Å². The largest absolute Gasteiger partial charge is 0.573 e. The first-order valence-corrected chi connectivity index (χ1v) is 6.89. The predicted molar refractivity (Wildman–Crippen MR) is 76.4 cm³/mol. The van der Waals surface area contributed by atoms with E-state index in [0.29, 0.717) is 11.4 Å². The summed E-state index contributed by atoms with van der Waals surface area (Å²) in [6.45, 7) is 0.0993. The van der Waals surface area contributed by atoms with Crippen molar-refractivity contribution in [1.29, 1.82) is 0 Å². The van der Waals surface area contributed by atoms with Crippen LogP contribution in [0.2, 0.25) is 5.02 Å². The topological polar surface area (TPSA) is 43.4 Å². The molecular formula is C14H9ClF6N2O2. The summed E-state index contributed by atoms with van der Waals surface area (Å²) in [5, 5.41) is 2.55. The van der Waals surface area contributed by atoms with E-state index in [1.165, 1.54) is 18.2 Å². The van der Waals surface area contributed by atoms with E-state index in [1.54, 1.807) is 0 Å². The minimum absolute atomic E-state index is 0.0993. The van der Waals surface area contributed by atoms with Crippen LogP contribution in [0.15, 0.2) is 36.5 Å². The molecule has 1 aromatic heterocycles. The van der Waals surface area contributed by atoms with Gasteiger partial charge < -0.3 is 14.8 Å². The molecule has 0 saturated carbocycles. The van der Waals surface area contributed by atoms with Crippen molar-refractivity contribution in [1.82, 2.24) is 4.98 Å². The monoisotopic (exact) mass is 386 g/mol. The molecule has 0 bridgehead atoms. The Hall–Kier alpha value is -2.36. The molecule has 0 atom stereocenters. The van der Waals surface area contributed by atoms with E-state index in [4.69, 9.17) is 11.6 Å². The van der Waals surface area contributed by atoms with Crippen molar-refractivity contribution in [2.75, 3.05) is 5.32 Å². The number of aromatic nitrogens is 1. The van der Waals surface area contributed by atoms with Crippen LogP contribution in [-0.2, 0) is 6.54 Å². The Balaban J connectivity index is 1.96. The van der Waals surface area contributed by atoms with E-state index in [1.807, 2.05) is 0 Å². The molecular weight excluding hydrogens is 378 g/mol. The summed E-state index contributed by atoms with van der Waals surface area (Å²) >= 11 is 5.70. The van der Waals surface area contributed by atoms with Gasteiger partial charge in [0.25, 0.3) is 0 Å². The molecule has 2 rings (SSSR count). The van der Waals surface area contributed by atoms with E-state index in [2.05, 4.69) is 19.8 Å². The van der Waals surface area contributed by atoms with Crippen molar-refractivity contribution < 1.29 is 35.8 Å². The van der Waals surface area contributed by atoms with E-state index < -0.39 is 24.2 Å². The Labute approximate surface area is 142 Å². The average molecular weight is 387 g/mol. The van der Waals surface area contributed by atoms with Crippen LogP contribution in [0.5, 0.6) is 11.5 Å². The molecule has 0 saturated heterocycles. The van der Waals surface area contributed by atoms with Gasteiger partial charge in [0.1, 0.15) is 11.5 Å². The van der Waals surface area contributed by atoms with Crippen LogP contribution in [0.3, 0.4) is 0 Å². The normalized spacial score (nSPS) is 12.0. The van der Waals surface area contributed by atoms with Gasteiger partial charge in [-0.1, -0.05) is 11.6 Å². The molecule has 0 aliphatic rings. The van der Waals surface area contributed by atoms with Gasteiger partial charge in [-0.2, -0.15) is 0 Å². The second kappa shape index (κ2) is 7.26.